The molecule has 0 bridgehead atoms. The highest BCUT2D eigenvalue weighted by Crippen LogP contribution is 2.16. The molecule has 0 radical (unpaired) electrons. The molecular formula is C20H22N4O2. The first kappa shape index (κ1) is 17.7. The van der Waals surface area contributed by atoms with Gasteiger partial charge in [0.25, 0.3) is 5.91 Å². The van der Waals surface area contributed by atoms with Crippen molar-refractivity contribution in [2.45, 2.75) is 26.3 Å². The number of aromatic nitrogens is 3. The number of rotatable bonds is 7. The van der Waals surface area contributed by atoms with Crippen LogP contribution in [0.15, 0.2) is 61.2 Å². The van der Waals surface area contributed by atoms with Crippen molar-refractivity contribution in [1.82, 2.24) is 20.1 Å². The van der Waals surface area contributed by atoms with E-state index in [1.165, 1.54) is 11.9 Å². The molecule has 1 aromatic heterocycles. The van der Waals surface area contributed by atoms with Crippen molar-refractivity contribution in [3.63, 3.8) is 0 Å². The van der Waals surface area contributed by atoms with E-state index < -0.39 is 0 Å². The molecule has 6 heteroatoms. The molecule has 0 saturated heterocycles. The fourth-order valence-electron chi connectivity index (χ4n) is 2.59. The zero-order chi connectivity index (χ0) is 18.4. The molecule has 0 aliphatic heterocycles. The normalized spacial score (nSPS) is 11.8. The van der Waals surface area contributed by atoms with Crippen LogP contribution < -0.4 is 10.1 Å². The molecule has 1 heterocycles. The minimum absolute atomic E-state index is 0.00709. The van der Waals surface area contributed by atoms with Gasteiger partial charge >= 0.3 is 0 Å². The molecule has 1 amide bonds. The van der Waals surface area contributed by atoms with Gasteiger partial charge in [0.2, 0.25) is 0 Å². The van der Waals surface area contributed by atoms with Gasteiger partial charge in [-0.05, 0) is 48.7 Å². The summed E-state index contributed by atoms with van der Waals surface area (Å²) in [7, 11) is 0. The Kier molecular flexibility index (Phi) is 5.63. The quantitative estimate of drug-likeness (QED) is 0.711. The Labute approximate surface area is 152 Å². The van der Waals surface area contributed by atoms with Crippen LogP contribution in [-0.4, -0.2) is 27.3 Å². The second kappa shape index (κ2) is 8.29. The van der Waals surface area contributed by atoms with E-state index in [1.807, 2.05) is 55.5 Å². The molecule has 3 rings (SSSR count). The third kappa shape index (κ3) is 4.47. The summed E-state index contributed by atoms with van der Waals surface area (Å²) >= 11 is 0. The maximum atomic E-state index is 12.1. The molecule has 26 heavy (non-hydrogen) atoms. The first-order valence-corrected chi connectivity index (χ1v) is 8.61. The molecule has 0 spiro atoms. The molecular weight excluding hydrogens is 328 g/mol. The lowest BCUT2D eigenvalue weighted by Crippen LogP contribution is -2.31. The van der Waals surface area contributed by atoms with E-state index in [1.54, 1.807) is 11.0 Å². The summed E-state index contributed by atoms with van der Waals surface area (Å²) in [6, 6.07) is 15.5. The number of aryl methyl sites for hydroxylation is 1. The number of nitrogens with one attached hydrogen (secondary N) is 1. The highest BCUT2D eigenvalue weighted by atomic mass is 16.5. The SMILES string of the molecule is CCc1ccc(OCC(=O)N[C@@H](C)c2ccc(-n3cncn3)cc2)cc1. The Morgan fingerprint density at radius 2 is 1.88 bits per heavy atom. The van der Waals surface area contributed by atoms with Crippen LogP contribution in [-0.2, 0) is 11.2 Å². The minimum Gasteiger partial charge on any atom is -0.484 e. The Balaban J connectivity index is 1.51. The Morgan fingerprint density at radius 3 is 2.50 bits per heavy atom. The topological polar surface area (TPSA) is 69.0 Å². The highest BCUT2D eigenvalue weighted by Gasteiger charge is 2.10. The van der Waals surface area contributed by atoms with Gasteiger partial charge in [-0.3, -0.25) is 4.79 Å². The Hall–Kier alpha value is -3.15. The van der Waals surface area contributed by atoms with Gasteiger partial charge < -0.3 is 10.1 Å². The molecule has 0 unspecified atom stereocenters. The van der Waals surface area contributed by atoms with Crippen LogP contribution in [0.4, 0.5) is 0 Å². The lowest BCUT2D eigenvalue weighted by atomic mass is 10.1. The van der Waals surface area contributed by atoms with Crippen molar-refractivity contribution in [2.75, 3.05) is 6.61 Å². The molecule has 3 aromatic rings. The summed E-state index contributed by atoms with van der Waals surface area (Å²) in [6.45, 7) is 4.04. The predicted molar refractivity (Wildman–Crippen MR) is 99.2 cm³/mol. The summed E-state index contributed by atoms with van der Waals surface area (Å²) in [6.07, 6.45) is 4.12. The van der Waals surface area contributed by atoms with Crippen molar-refractivity contribution in [3.05, 3.63) is 72.3 Å². The van der Waals surface area contributed by atoms with Gasteiger partial charge in [-0.15, -0.1) is 0 Å². The van der Waals surface area contributed by atoms with Crippen molar-refractivity contribution < 1.29 is 9.53 Å². The maximum absolute atomic E-state index is 12.1. The average Bonchev–Trinajstić information content (AvgIpc) is 3.21. The van der Waals surface area contributed by atoms with E-state index in [-0.39, 0.29) is 18.6 Å². The van der Waals surface area contributed by atoms with Crippen LogP contribution in [0.2, 0.25) is 0 Å². The van der Waals surface area contributed by atoms with Gasteiger partial charge in [-0.25, -0.2) is 9.67 Å². The van der Waals surface area contributed by atoms with Gasteiger partial charge in [-0.1, -0.05) is 31.2 Å². The van der Waals surface area contributed by atoms with Gasteiger partial charge in [0.15, 0.2) is 6.61 Å². The van der Waals surface area contributed by atoms with E-state index >= 15 is 0 Å². The van der Waals surface area contributed by atoms with Crippen molar-refractivity contribution in [2.24, 2.45) is 0 Å². The average molecular weight is 350 g/mol. The highest BCUT2D eigenvalue weighted by molar-refractivity contribution is 5.78. The van der Waals surface area contributed by atoms with Gasteiger partial charge in [-0.2, -0.15) is 5.10 Å². The van der Waals surface area contributed by atoms with Crippen LogP contribution in [0.3, 0.4) is 0 Å². The fraction of sp³-hybridized carbons (Fsp3) is 0.250. The van der Waals surface area contributed by atoms with E-state index in [2.05, 4.69) is 22.3 Å². The number of amides is 1. The van der Waals surface area contributed by atoms with Crippen LogP contribution in [0.1, 0.15) is 31.0 Å². The van der Waals surface area contributed by atoms with Gasteiger partial charge in [0, 0.05) is 0 Å². The van der Waals surface area contributed by atoms with Crippen molar-refractivity contribution in [3.8, 4) is 11.4 Å². The maximum Gasteiger partial charge on any atom is 0.258 e. The van der Waals surface area contributed by atoms with Crippen molar-refractivity contribution >= 4 is 5.91 Å². The zero-order valence-corrected chi connectivity index (χ0v) is 14.9. The van der Waals surface area contributed by atoms with Gasteiger partial charge in [0.1, 0.15) is 18.4 Å². The number of carbonyl (C=O) groups is 1. The lowest BCUT2D eigenvalue weighted by molar-refractivity contribution is -0.123. The molecule has 134 valence electrons. The predicted octanol–water partition coefficient (Wildman–Crippen LogP) is 3.09. The molecule has 1 atom stereocenters. The van der Waals surface area contributed by atoms with E-state index in [0.717, 1.165) is 17.7 Å². The first-order valence-electron chi connectivity index (χ1n) is 8.61. The van der Waals surface area contributed by atoms with Crippen LogP contribution in [0.25, 0.3) is 5.69 Å². The molecule has 0 fully saturated rings. The molecule has 1 N–H and O–H groups in total. The van der Waals surface area contributed by atoms with E-state index in [0.29, 0.717) is 5.75 Å². The second-order valence-corrected chi connectivity index (χ2v) is 6.01. The number of hydrogen-bond acceptors (Lipinski definition) is 4. The molecule has 2 aromatic carbocycles. The third-order valence-electron chi connectivity index (χ3n) is 4.16. The zero-order valence-electron chi connectivity index (χ0n) is 14.9. The standard InChI is InChI=1S/C20H22N4O2/c1-3-16-4-10-19(11-5-16)26-12-20(25)23-15(2)17-6-8-18(9-7-17)24-14-21-13-22-24/h4-11,13-15H,3,12H2,1-2H3,(H,23,25)/t15-/m0/s1. The van der Waals surface area contributed by atoms with Crippen LogP contribution in [0, 0.1) is 0 Å². The van der Waals surface area contributed by atoms with Gasteiger partial charge in [0.05, 0.1) is 11.7 Å². The minimum atomic E-state index is -0.155. The monoisotopic (exact) mass is 350 g/mol. The molecule has 0 saturated carbocycles. The third-order valence-corrected chi connectivity index (χ3v) is 4.16. The lowest BCUT2D eigenvalue weighted by Gasteiger charge is -2.15. The molecule has 0 aliphatic carbocycles. The van der Waals surface area contributed by atoms with Crippen LogP contribution >= 0.6 is 0 Å². The summed E-state index contributed by atoms with van der Waals surface area (Å²) in [5.74, 6) is 0.541. The Bertz CT molecular complexity index is 827. The summed E-state index contributed by atoms with van der Waals surface area (Å²) in [5, 5.41) is 7.04. The number of benzene rings is 2. The largest absolute Gasteiger partial charge is 0.484 e. The summed E-state index contributed by atoms with van der Waals surface area (Å²) in [4.78, 5) is 16.0. The number of carbonyl (C=O) groups excluding carboxylic acids is 1. The second-order valence-electron chi connectivity index (χ2n) is 6.01. The summed E-state index contributed by atoms with van der Waals surface area (Å²) in [5.41, 5.74) is 3.17. The number of nitrogens with zero attached hydrogens (tertiary/aromatic N) is 3. The fourth-order valence-corrected chi connectivity index (χ4v) is 2.59. The van der Waals surface area contributed by atoms with Crippen molar-refractivity contribution in [1.29, 1.82) is 0 Å². The molecule has 6 nitrogen and oxygen atoms in total. The van der Waals surface area contributed by atoms with E-state index in [4.69, 9.17) is 4.74 Å². The summed E-state index contributed by atoms with van der Waals surface area (Å²) < 4.78 is 7.23. The molecule has 0 aliphatic rings. The Morgan fingerprint density at radius 1 is 1.15 bits per heavy atom. The number of hydrogen-bond donors (Lipinski definition) is 1. The number of ether oxygens (including phenoxy) is 1. The van der Waals surface area contributed by atoms with Crippen LogP contribution in [0.5, 0.6) is 5.75 Å². The smallest absolute Gasteiger partial charge is 0.258 e. The first-order chi connectivity index (χ1) is 12.7. The van der Waals surface area contributed by atoms with E-state index in [9.17, 15) is 4.79 Å².